The number of aliphatic hydroxyl groups excluding tert-OH is 1. The highest BCUT2D eigenvalue weighted by molar-refractivity contribution is 14.1. The Balaban J connectivity index is 1.54. The fourth-order valence-electron chi connectivity index (χ4n) is 2.48. The van der Waals surface area contributed by atoms with Crippen LogP contribution in [0.25, 0.3) is 11.0 Å². The van der Waals surface area contributed by atoms with Crippen molar-refractivity contribution in [1.29, 1.82) is 0 Å². The zero-order valence-corrected chi connectivity index (χ0v) is 15.9. The van der Waals surface area contributed by atoms with Crippen LogP contribution in [0.1, 0.15) is 17.0 Å². The van der Waals surface area contributed by atoms with Crippen molar-refractivity contribution in [3.05, 3.63) is 57.9 Å². The Morgan fingerprint density at radius 3 is 2.92 bits per heavy atom. The highest BCUT2D eigenvalue weighted by atomic mass is 127. The van der Waals surface area contributed by atoms with Gasteiger partial charge < -0.3 is 20.2 Å². The predicted molar refractivity (Wildman–Crippen MR) is 105 cm³/mol. The molecule has 3 rings (SSSR count). The standard InChI is InChI=1S/C18H17FIN3O3/c19-14-8-12(20)1-2-15(14)23-13(10-24)3-6-22-18(25)17-7-11-9-21-5-4-16(11)26-17/h1-2,4-5,7-9,13,23-24H,3,6,10H2,(H,22,25). The number of carbonyl (C=O) groups is 1. The van der Waals surface area contributed by atoms with E-state index in [1.165, 1.54) is 6.07 Å². The summed E-state index contributed by atoms with van der Waals surface area (Å²) in [6, 6.07) is 7.74. The van der Waals surface area contributed by atoms with Gasteiger partial charge in [-0.25, -0.2) is 4.39 Å². The third-order valence-corrected chi connectivity index (χ3v) is 4.50. The summed E-state index contributed by atoms with van der Waals surface area (Å²) in [6.07, 6.45) is 3.64. The van der Waals surface area contributed by atoms with Crippen LogP contribution >= 0.6 is 22.6 Å². The fraction of sp³-hybridized carbons (Fsp3) is 0.222. The van der Waals surface area contributed by atoms with Crippen LogP contribution in [0.3, 0.4) is 0 Å². The van der Waals surface area contributed by atoms with Gasteiger partial charge in [0.2, 0.25) is 0 Å². The van der Waals surface area contributed by atoms with Crippen molar-refractivity contribution in [2.24, 2.45) is 0 Å². The number of nitrogens with one attached hydrogen (secondary N) is 2. The van der Waals surface area contributed by atoms with Crippen LogP contribution in [0.15, 0.2) is 47.1 Å². The van der Waals surface area contributed by atoms with Gasteiger partial charge in [-0.15, -0.1) is 0 Å². The molecule has 1 aromatic carbocycles. The first-order chi connectivity index (χ1) is 12.6. The minimum Gasteiger partial charge on any atom is -0.451 e. The summed E-state index contributed by atoms with van der Waals surface area (Å²) in [7, 11) is 0. The van der Waals surface area contributed by atoms with Gasteiger partial charge in [-0.2, -0.15) is 0 Å². The number of pyridine rings is 1. The van der Waals surface area contributed by atoms with Gasteiger partial charge in [-0.3, -0.25) is 9.78 Å². The summed E-state index contributed by atoms with van der Waals surface area (Å²) in [5, 5.41) is 15.9. The van der Waals surface area contributed by atoms with E-state index in [4.69, 9.17) is 4.42 Å². The lowest BCUT2D eigenvalue weighted by molar-refractivity contribution is 0.0926. The lowest BCUT2D eigenvalue weighted by Crippen LogP contribution is -2.32. The van der Waals surface area contributed by atoms with Crippen molar-refractivity contribution in [3.8, 4) is 0 Å². The van der Waals surface area contributed by atoms with E-state index >= 15 is 0 Å². The molecule has 3 aromatic rings. The van der Waals surface area contributed by atoms with Gasteiger partial charge in [-0.05, 0) is 59.3 Å². The van der Waals surface area contributed by atoms with Crippen molar-refractivity contribution in [3.63, 3.8) is 0 Å². The van der Waals surface area contributed by atoms with E-state index in [0.717, 1.165) is 8.96 Å². The molecule has 1 unspecified atom stereocenters. The van der Waals surface area contributed by atoms with Gasteiger partial charge in [0.25, 0.3) is 5.91 Å². The number of aromatic nitrogens is 1. The molecule has 8 heteroatoms. The third kappa shape index (κ3) is 4.50. The van der Waals surface area contributed by atoms with Crippen LogP contribution in [0.5, 0.6) is 0 Å². The molecule has 2 aromatic heterocycles. The highest BCUT2D eigenvalue weighted by Gasteiger charge is 2.14. The molecule has 3 N–H and O–H groups in total. The molecule has 1 atom stereocenters. The number of hydrogen-bond acceptors (Lipinski definition) is 5. The summed E-state index contributed by atoms with van der Waals surface area (Å²) in [5.74, 6) is -0.529. The van der Waals surface area contributed by atoms with E-state index in [1.54, 1.807) is 36.7 Å². The number of aliphatic hydroxyl groups is 1. The second kappa shape index (κ2) is 8.45. The lowest BCUT2D eigenvalue weighted by Gasteiger charge is -2.18. The van der Waals surface area contributed by atoms with Gasteiger partial charge in [0.05, 0.1) is 18.3 Å². The van der Waals surface area contributed by atoms with Crippen LogP contribution in [0.4, 0.5) is 10.1 Å². The smallest absolute Gasteiger partial charge is 0.287 e. The lowest BCUT2D eigenvalue weighted by atomic mass is 10.2. The van der Waals surface area contributed by atoms with Gasteiger partial charge in [0, 0.05) is 27.9 Å². The Morgan fingerprint density at radius 2 is 2.19 bits per heavy atom. The zero-order chi connectivity index (χ0) is 18.5. The first-order valence-electron chi connectivity index (χ1n) is 8.01. The minimum atomic E-state index is -0.385. The Bertz CT molecular complexity index is 883. The maximum absolute atomic E-state index is 13.9. The number of hydrogen-bond donors (Lipinski definition) is 3. The molecule has 0 aliphatic rings. The van der Waals surface area contributed by atoms with Gasteiger partial charge in [0.15, 0.2) is 5.76 Å². The number of furan rings is 1. The number of nitrogens with zero attached hydrogens (tertiary/aromatic N) is 1. The number of fused-ring (bicyclic) bond motifs is 1. The molecule has 1 amide bonds. The van der Waals surface area contributed by atoms with E-state index < -0.39 is 0 Å². The summed E-state index contributed by atoms with van der Waals surface area (Å²) < 4.78 is 20.1. The average Bonchev–Trinajstić information content (AvgIpc) is 3.07. The van der Waals surface area contributed by atoms with E-state index in [2.05, 4.69) is 15.6 Å². The number of anilines is 1. The Kier molecular flexibility index (Phi) is 6.04. The van der Waals surface area contributed by atoms with Gasteiger partial charge in [0.1, 0.15) is 11.4 Å². The molecule has 0 fully saturated rings. The molecule has 0 aliphatic carbocycles. The molecule has 136 valence electrons. The Labute approximate surface area is 162 Å². The van der Waals surface area contributed by atoms with E-state index in [0.29, 0.717) is 24.2 Å². The van der Waals surface area contributed by atoms with Crippen molar-refractivity contribution in [2.45, 2.75) is 12.5 Å². The van der Waals surface area contributed by atoms with Crippen LogP contribution < -0.4 is 10.6 Å². The molecular formula is C18H17FIN3O3. The molecule has 0 saturated heterocycles. The monoisotopic (exact) mass is 469 g/mol. The summed E-state index contributed by atoms with van der Waals surface area (Å²) in [5.41, 5.74) is 0.912. The fourth-order valence-corrected chi connectivity index (χ4v) is 2.93. The molecule has 0 bridgehead atoms. The molecule has 2 heterocycles. The maximum atomic E-state index is 13.9. The van der Waals surface area contributed by atoms with Crippen molar-refractivity contribution in [2.75, 3.05) is 18.5 Å². The largest absolute Gasteiger partial charge is 0.451 e. The number of benzene rings is 1. The molecule has 0 saturated carbocycles. The Morgan fingerprint density at radius 1 is 1.35 bits per heavy atom. The maximum Gasteiger partial charge on any atom is 0.287 e. The highest BCUT2D eigenvalue weighted by Crippen LogP contribution is 2.19. The topological polar surface area (TPSA) is 87.4 Å². The normalized spacial score (nSPS) is 12.1. The second-order valence-corrected chi connectivity index (χ2v) is 6.96. The summed E-state index contributed by atoms with van der Waals surface area (Å²) in [4.78, 5) is 16.1. The zero-order valence-electron chi connectivity index (χ0n) is 13.7. The van der Waals surface area contributed by atoms with E-state index in [-0.39, 0.29) is 30.1 Å². The van der Waals surface area contributed by atoms with Crippen LogP contribution in [0.2, 0.25) is 0 Å². The van der Waals surface area contributed by atoms with Crippen LogP contribution in [-0.2, 0) is 0 Å². The summed E-state index contributed by atoms with van der Waals surface area (Å²) in [6.45, 7) is 0.121. The SMILES string of the molecule is O=C(NCCC(CO)Nc1ccc(I)cc1F)c1cc2cnccc2o1. The minimum absolute atomic E-state index is 0.183. The number of rotatable bonds is 7. The Hall–Kier alpha value is -2.20. The quantitative estimate of drug-likeness (QED) is 0.463. The molecule has 0 spiro atoms. The first kappa shape index (κ1) is 18.6. The van der Waals surface area contributed by atoms with Crippen LogP contribution in [0, 0.1) is 9.39 Å². The molecule has 26 heavy (non-hydrogen) atoms. The molecular weight excluding hydrogens is 452 g/mol. The van der Waals surface area contributed by atoms with E-state index in [9.17, 15) is 14.3 Å². The van der Waals surface area contributed by atoms with Crippen molar-refractivity contribution >= 4 is 45.2 Å². The second-order valence-electron chi connectivity index (χ2n) is 5.72. The van der Waals surface area contributed by atoms with Crippen LogP contribution in [-0.4, -0.2) is 35.2 Å². The van der Waals surface area contributed by atoms with Crippen molar-refractivity contribution < 1.29 is 18.7 Å². The number of amides is 1. The molecule has 0 aliphatic heterocycles. The first-order valence-corrected chi connectivity index (χ1v) is 9.09. The van der Waals surface area contributed by atoms with Gasteiger partial charge >= 0.3 is 0 Å². The average molecular weight is 469 g/mol. The number of carbonyl (C=O) groups excluding carboxylic acids is 1. The van der Waals surface area contributed by atoms with Gasteiger partial charge in [-0.1, -0.05) is 0 Å². The third-order valence-electron chi connectivity index (χ3n) is 3.83. The molecule has 6 nitrogen and oxygen atoms in total. The van der Waals surface area contributed by atoms with Crippen molar-refractivity contribution in [1.82, 2.24) is 10.3 Å². The number of halogens is 2. The molecule has 0 radical (unpaired) electrons. The summed E-state index contributed by atoms with van der Waals surface area (Å²) >= 11 is 2.03. The predicted octanol–water partition coefficient (Wildman–Crippen LogP) is 3.16. The van der Waals surface area contributed by atoms with E-state index in [1.807, 2.05) is 22.6 Å².